The van der Waals surface area contributed by atoms with Gasteiger partial charge in [-0.15, -0.1) is 11.3 Å². The number of hydrogen-bond acceptors (Lipinski definition) is 5. The van der Waals surface area contributed by atoms with E-state index >= 15 is 0 Å². The Labute approximate surface area is 155 Å². The van der Waals surface area contributed by atoms with E-state index in [0.717, 1.165) is 0 Å². The molecule has 5 nitrogen and oxygen atoms in total. The van der Waals surface area contributed by atoms with Gasteiger partial charge in [-0.3, -0.25) is 14.5 Å². The van der Waals surface area contributed by atoms with E-state index in [2.05, 4.69) is 4.98 Å². The highest BCUT2D eigenvalue weighted by Gasteiger charge is 2.19. The zero-order chi connectivity index (χ0) is 18.6. The van der Waals surface area contributed by atoms with Crippen LogP contribution in [-0.2, 0) is 9.59 Å². The lowest BCUT2D eigenvalue weighted by Gasteiger charge is -2.18. The highest BCUT2D eigenvalue weighted by atomic mass is 35.5. The van der Waals surface area contributed by atoms with E-state index in [1.54, 1.807) is 43.5 Å². The molecule has 0 spiro atoms. The minimum atomic E-state index is -0.274. The van der Waals surface area contributed by atoms with Crippen molar-refractivity contribution in [2.24, 2.45) is 5.92 Å². The van der Waals surface area contributed by atoms with Gasteiger partial charge < -0.3 is 0 Å². The number of benzene rings is 1. The van der Waals surface area contributed by atoms with E-state index in [1.165, 1.54) is 29.2 Å². The average molecular weight is 374 g/mol. The monoisotopic (exact) mass is 373 g/mol. The SMILES string of the molecule is CC(=O)N(c1cccc(Cl)c1)c1nc(/C=C(/C#N)C(=O)C(C)C)cs1. The van der Waals surface area contributed by atoms with Crippen LogP contribution in [-0.4, -0.2) is 16.7 Å². The number of nitriles is 1. The van der Waals surface area contributed by atoms with E-state index in [1.807, 2.05) is 6.07 Å². The Hall–Kier alpha value is -2.49. The van der Waals surface area contributed by atoms with Gasteiger partial charge in [-0.1, -0.05) is 31.5 Å². The lowest BCUT2D eigenvalue weighted by molar-refractivity contribution is -0.118. The number of hydrogen-bond donors (Lipinski definition) is 0. The molecule has 7 heteroatoms. The van der Waals surface area contributed by atoms with Crippen LogP contribution >= 0.6 is 22.9 Å². The Balaban J connectivity index is 2.40. The summed E-state index contributed by atoms with van der Waals surface area (Å²) >= 11 is 7.25. The fourth-order valence-electron chi connectivity index (χ4n) is 2.10. The van der Waals surface area contributed by atoms with E-state index < -0.39 is 0 Å². The van der Waals surface area contributed by atoms with Crippen LogP contribution < -0.4 is 4.90 Å². The van der Waals surface area contributed by atoms with Crippen LogP contribution in [0.5, 0.6) is 0 Å². The van der Waals surface area contributed by atoms with E-state index in [9.17, 15) is 14.9 Å². The minimum Gasteiger partial charge on any atom is -0.293 e. The van der Waals surface area contributed by atoms with Crippen LogP contribution in [0.15, 0.2) is 35.2 Å². The first kappa shape index (κ1) is 18.8. The number of Topliss-reactive ketones (excluding diaryl/α,β-unsaturated/α-hetero) is 1. The third kappa shape index (κ3) is 4.53. The number of ketones is 1. The van der Waals surface area contributed by atoms with Crippen molar-refractivity contribution < 1.29 is 9.59 Å². The molecular formula is C18H16ClN3O2S. The Kier molecular flexibility index (Phi) is 6.07. The molecule has 0 unspecified atom stereocenters. The Morgan fingerprint density at radius 2 is 2.12 bits per heavy atom. The number of rotatable bonds is 5. The van der Waals surface area contributed by atoms with Crippen molar-refractivity contribution in [1.29, 1.82) is 5.26 Å². The smallest absolute Gasteiger partial charge is 0.230 e. The molecule has 0 fully saturated rings. The first-order chi connectivity index (χ1) is 11.8. The summed E-state index contributed by atoms with van der Waals surface area (Å²) in [6.45, 7) is 4.90. The summed E-state index contributed by atoms with van der Waals surface area (Å²) in [5.74, 6) is -0.731. The molecule has 0 N–H and O–H groups in total. The molecule has 1 aromatic carbocycles. The molecular weight excluding hydrogens is 358 g/mol. The van der Waals surface area contributed by atoms with Gasteiger partial charge in [0.15, 0.2) is 10.9 Å². The van der Waals surface area contributed by atoms with Crippen molar-refractivity contribution in [2.45, 2.75) is 20.8 Å². The molecule has 128 valence electrons. The van der Waals surface area contributed by atoms with Gasteiger partial charge in [0, 0.05) is 23.2 Å². The maximum atomic E-state index is 12.1. The number of carbonyl (C=O) groups is 2. The molecule has 25 heavy (non-hydrogen) atoms. The number of amides is 1. The molecule has 1 heterocycles. The fourth-order valence-corrected chi connectivity index (χ4v) is 3.13. The highest BCUT2D eigenvalue weighted by Crippen LogP contribution is 2.31. The highest BCUT2D eigenvalue weighted by molar-refractivity contribution is 7.14. The lowest BCUT2D eigenvalue weighted by Crippen LogP contribution is -2.22. The first-order valence-corrected chi connectivity index (χ1v) is 8.77. The van der Waals surface area contributed by atoms with Crippen LogP contribution in [0.2, 0.25) is 5.02 Å². The second kappa shape index (κ2) is 8.06. The van der Waals surface area contributed by atoms with Gasteiger partial charge in [0.25, 0.3) is 0 Å². The first-order valence-electron chi connectivity index (χ1n) is 7.51. The van der Waals surface area contributed by atoms with E-state index in [-0.39, 0.29) is 23.2 Å². The van der Waals surface area contributed by atoms with Crippen molar-refractivity contribution in [1.82, 2.24) is 4.98 Å². The Bertz CT molecular complexity index is 880. The second-order valence-corrected chi connectivity index (χ2v) is 6.85. The minimum absolute atomic E-state index is 0.0454. The molecule has 0 saturated carbocycles. The van der Waals surface area contributed by atoms with Crippen LogP contribution in [0, 0.1) is 17.2 Å². The maximum absolute atomic E-state index is 12.1. The summed E-state index contributed by atoms with van der Waals surface area (Å²) in [6, 6.07) is 8.80. The van der Waals surface area contributed by atoms with Crippen molar-refractivity contribution in [2.75, 3.05) is 4.90 Å². The second-order valence-electron chi connectivity index (χ2n) is 5.58. The van der Waals surface area contributed by atoms with Crippen molar-refractivity contribution in [3.05, 3.63) is 45.9 Å². The fraction of sp³-hybridized carbons (Fsp3) is 0.222. The molecule has 2 rings (SSSR count). The van der Waals surface area contributed by atoms with Crippen molar-refractivity contribution >= 4 is 51.5 Å². The topological polar surface area (TPSA) is 74.1 Å². The predicted molar refractivity (Wildman–Crippen MR) is 99.8 cm³/mol. The van der Waals surface area contributed by atoms with Crippen LogP contribution in [0.1, 0.15) is 26.5 Å². The van der Waals surface area contributed by atoms with Gasteiger partial charge in [0.2, 0.25) is 5.91 Å². The summed E-state index contributed by atoms with van der Waals surface area (Å²) in [4.78, 5) is 29.9. The van der Waals surface area contributed by atoms with Gasteiger partial charge in [-0.25, -0.2) is 4.98 Å². The standard InChI is InChI=1S/C18H16ClN3O2S/c1-11(2)17(24)13(9-20)7-15-10-25-18(21-15)22(12(3)23)16-6-4-5-14(19)8-16/h4-8,10-11H,1-3H3/b13-7-. The molecule has 2 aromatic rings. The normalized spacial score (nSPS) is 11.3. The third-order valence-corrected chi connectivity index (χ3v) is 4.36. The molecule has 1 aromatic heterocycles. The van der Waals surface area contributed by atoms with Gasteiger partial charge >= 0.3 is 0 Å². The Morgan fingerprint density at radius 3 is 2.68 bits per heavy atom. The number of aromatic nitrogens is 1. The molecule has 0 saturated heterocycles. The lowest BCUT2D eigenvalue weighted by atomic mass is 10.0. The molecule has 0 aliphatic rings. The summed E-state index contributed by atoms with van der Waals surface area (Å²) in [6.07, 6.45) is 1.44. The predicted octanol–water partition coefficient (Wildman–Crippen LogP) is 4.61. The van der Waals surface area contributed by atoms with Crippen LogP contribution in [0.4, 0.5) is 10.8 Å². The number of nitrogens with zero attached hydrogens (tertiary/aromatic N) is 3. The van der Waals surface area contributed by atoms with Crippen molar-refractivity contribution in [3.8, 4) is 6.07 Å². The van der Waals surface area contributed by atoms with Gasteiger partial charge in [0.1, 0.15) is 6.07 Å². The summed E-state index contributed by atoms with van der Waals surface area (Å²) in [5.41, 5.74) is 1.10. The number of carbonyl (C=O) groups excluding carboxylic acids is 2. The van der Waals surface area contributed by atoms with Gasteiger partial charge in [-0.2, -0.15) is 5.26 Å². The molecule has 0 atom stereocenters. The third-order valence-electron chi connectivity index (χ3n) is 3.28. The zero-order valence-electron chi connectivity index (χ0n) is 14.0. The molecule has 0 aliphatic carbocycles. The Morgan fingerprint density at radius 1 is 1.40 bits per heavy atom. The van der Waals surface area contributed by atoms with Crippen molar-refractivity contribution in [3.63, 3.8) is 0 Å². The largest absolute Gasteiger partial charge is 0.293 e. The number of anilines is 2. The molecule has 0 bridgehead atoms. The maximum Gasteiger partial charge on any atom is 0.230 e. The summed E-state index contributed by atoms with van der Waals surface area (Å²) in [7, 11) is 0. The zero-order valence-corrected chi connectivity index (χ0v) is 15.6. The number of halogens is 1. The summed E-state index contributed by atoms with van der Waals surface area (Å²) < 4.78 is 0. The van der Waals surface area contributed by atoms with Gasteiger partial charge in [0.05, 0.1) is 17.0 Å². The number of thiazole rings is 1. The average Bonchev–Trinajstić information content (AvgIpc) is 2.99. The van der Waals surface area contributed by atoms with E-state index in [4.69, 9.17) is 11.6 Å². The molecule has 1 amide bonds. The van der Waals surface area contributed by atoms with E-state index in [0.29, 0.717) is 21.5 Å². The van der Waals surface area contributed by atoms with Gasteiger partial charge in [-0.05, 0) is 24.3 Å². The molecule has 0 radical (unpaired) electrons. The quantitative estimate of drug-likeness (QED) is 0.566. The molecule has 0 aliphatic heterocycles. The number of allylic oxidation sites excluding steroid dienone is 1. The summed E-state index contributed by atoms with van der Waals surface area (Å²) in [5, 5.41) is 11.8. The van der Waals surface area contributed by atoms with Crippen LogP contribution in [0.25, 0.3) is 6.08 Å². The van der Waals surface area contributed by atoms with Crippen LogP contribution in [0.3, 0.4) is 0 Å².